The fourth-order valence-corrected chi connectivity index (χ4v) is 7.92. The topological polar surface area (TPSA) is 80.7 Å². The van der Waals surface area contributed by atoms with Crippen molar-refractivity contribution in [2.24, 2.45) is 28.6 Å². The van der Waals surface area contributed by atoms with Crippen LogP contribution in [-0.2, 0) is 14.3 Å². The van der Waals surface area contributed by atoms with E-state index in [4.69, 9.17) is 4.74 Å². The molecule has 0 radical (unpaired) electrons. The molecular formula is C28H34O5. The molecule has 1 N–H and O–H groups in total. The summed E-state index contributed by atoms with van der Waals surface area (Å²) in [5.41, 5.74) is 0.0586. The second-order valence-corrected chi connectivity index (χ2v) is 11.1. The Kier molecular flexibility index (Phi) is 5.39. The molecule has 3 saturated carbocycles. The summed E-state index contributed by atoms with van der Waals surface area (Å²) < 4.78 is 6.11. The molecule has 0 aliphatic heterocycles. The van der Waals surface area contributed by atoms with Crippen molar-refractivity contribution in [3.8, 4) is 0 Å². The van der Waals surface area contributed by atoms with E-state index in [1.165, 1.54) is 5.57 Å². The number of aliphatic hydroxyl groups is 1. The number of ether oxygens (including phenoxy) is 1. The first-order valence-corrected chi connectivity index (χ1v) is 12.4. The summed E-state index contributed by atoms with van der Waals surface area (Å²) in [6, 6.07) is 8.78. The zero-order valence-electron chi connectivity index (χ0n) is 19.6. The smallest absolute Gasteiger partial charge is 0.339 e. The van der Waals surface area contributed by atoms with E-state index in [-0.39, 0.29) is 11.3 Å². The first-order chi connectivity index (χ1) is 15.7. The second kappa shape index (κ2) is 7.90. The number of hydrogen-bond donors (Lipinski definition) is 1. The predicted molar refractivity (Wildman–Crippen MR) is 123 cm³/mol. The highest BCUT2D eigenvalue weighted by atomic mass is 16.6. The average Bonchev–Trinajstić information content (AvgIpc) is 3.12. The van der Waals surface area contributed by atoms with Crippen molar-refractivity contribution in [2.75, 3.05) is 6.61 Å². The molecule has 0 amide bonds. The number of Topliss-reactive ketones (excluding diaryl/α,β-unsaturated/α-hetero) is 2. The lowest BCUT2D eigenvalue weighted by Gasteiger charge is -2.56. The van der Waals surface area contributed by atoms with Gasteiger partial charge in [0.1, 0.15) is 12.4 Å². The van der Waals surface area contributed by atoms with Gasteiger partial charge in [-0.2, -0.15) is 0 Å². The van der Waals surface area contributed by atoms with E-state index in [9.17, 15) is 19.5 Å². The Hall–Kier alpha value is -2.27. The van der Waals surface area contributed by atoms with Gasteiger partial charge >= 0.3 is 5.97 Å². The van der Waals surface area contributed by atoms with Gasteiger partial charge in [-0.05, 0) is 73.8 Å². The molecule has 3 fully saturated rings. The van der Waals surface area contributed by atoms with Gasteiger partial charge in [0.15, 0.2) is 5.60 Å². The van der Waals surface area contributed by atoms with Gasteiger partial charge in [0.25, 0.3) is 0 Å². The normalized spacial score (nSPS) is 39.7. The van der Waals surface area contributed by atoms with Crippen molar-refractivity contribution in [3.63, 3.8) is 0 Å². The lowest BCUT2D eigenvalue weighted by molar-refractivity contribution is -0.157. The minimum atomic E-state index is -1.32. The molecule has 5 heteroatoms. The molecule has 0 heterocycles. The zero-order chi connectivity index (χ0) is 23.4. The number of fused-ring (bicyclic) bond motifs is 5. The van der Waals surface area contributed by atoms with E-state index < -0.39 is 29.4 Å². The summed E-state index contributed by atoms with van der Waals surface area (Å²) in [6.45, 7) is 3.79. The summed E-state index contributed by atoms with van der Waals surface area (Å²) in [7, 11) is 0. The number of hydrogen-bond acceptors (Lipinski definition) is 5. The molecule has 6 atom stereocenters. The molecule has 176 valence electrons. The van der Waals surface area contributed by atoms with Crippen molar-refractivity contribution in [2.45, 2.75) is 70.8 Å². The van der Waals surface area contributed by atoms with Crippen LogP contribution in [0.3, 0.4) is 0 Å². The van der Waals surface area contributed by atoms with Gasteiger partial charge in [-0.25, -0.2) is 4.79 Å². The van der Waals surface area contributed by atoms with Crippen LogP contribution in [0.25, 0.3) is 0 Å². The van der Waals surface area contributed by atoms with E-state index in [2.05, 4.69) is 19.9 Å². The lowest BCUT2D eigenvalue weighted by Crippen LogP contribution is -2.58. The maximum atomic E-state index is 13.3. The predicted octanol–water partition coefficient (Wildman–Crippen LogP) is 4.68. The Bertz CT molecular complexity index is 1010. The van der Waals surface area contributed by atoms with Crippen molar-refractivity contribution in [3.05, 3.63) is 47.5 Å². The number of rotatable bonds is 4. The molecule has 5 rings (SSSR count). The SMILES string of the molecule is C[C@]12CC=C3[C@@H](CC[C@H]4CC(=O)CC[C@]34C)[C@@H]1CC[C@@]2(OC(=O)c1ccccc1)C(=O)CO. The Labute approximate surface area is 195 Å². The van der Waals surface area contributed by atoms with Crippen molar-refractivity contribution < 1.29 is 24.2 Å². The fourth-order valence-electron chi connectivity index (χ4n) is 7.92. The van der Waals surface area contributed by atoms with E-state index in [1.54, 1.807) is 24.3 Å². The van der Waals surface area contributed by atoms with Crippen molar-refractivity contribution in [1.82, 2.24) is 0 Å². The molecule has 4 aliphatic carbocycles. The standard InChI is InChI=1S/C28H34O5/c1-26-13-10-20(30)16-19(26)8-9-21-22(26)11-14-27(2)23(21)12-15-28(27,24(31)17-29)33-25(32)18-6-4-3-5-7-18/h3-7,11,19,21,23,29H,8-10,12-17H2,1-2H3/t19-,21+,23-,26-,27-,28+/m0/s1. The first-order valence-electron chi connectivity index (χ1n) is 12.4. The molecule has 0 bridgehead atoms. The Morgan fingerprint density at radius 3 is 2.58 bits per heavy atom. The minimum absolute atomic E-state index is 0.0467. The Morgan fingerprint density at radius 2 is 1.85 bits per heavy atom. The van der Waals surface area contributed by atoms with Crippen LogP contribution in [0.15, 0.2) is 42.0 Å². The summed E-state index contributed by atoms with van der Waals surface area (Å²) in [6.07, 6.45) is 8.49. The van der Waals surface area contributed by atoms with Gasteiger partial charge in [0.05, 0.1) is 5.56 Å². The first kappa shape index (κ1) is 22.5. The third-order valence-electron chi connectivity index (χ3n) is 9.83. The van der Waals surface area contributed by atoms with Crippen LogP contribution in [0.1, 0.15) is 75.6 Å². The summed E-state index contributed by atoms with van der Waals surface area (Å²) in [5.74, 6) is 0.450. The quantitative estimate of drug-likeness (QED) is 0.532. The Morgan fingerprint density at radius 1 is 1.09 bits per heavy atom. The van der Waals surface area contributed by atoms with Crippen LogP contribution < -0.4 is 0 Å². The van der Waals surface area contributed by atoms with Gasteiger partial charge in [-0.1, -0.05) is 43.7 Å². The highest BCUT2D eigenvalue weighted by Gasteiger charge is 2.67. The largest absolute Gasteiger partial charge is 0.447 e. The number of allylic oxidation sites excluding steroid dienone is 2. The van der Waals surface area contributed by atoms with Crippen LogP contribution in [0, 0.1) is 28.6 Å². The molecule has 4 aliphatic rings. The molecule has 5 nitrogen and oxygen atoms in total. The number of benzene rings is 1. The minimum Gasteiger partial charge on any atom is -0.447 e. The number of ketones is 2. The van der Waals surface area contributed by atoms with Gasteiger partial charge in [0, 0.05) is 18.3 Å². The monoisotopic (exact) mass is 450 g/mol. The van der Waals surface area contributed by atoms with E-state index in [0.717, 1.165) is 25.7 Å². The third kappa shape index (κ3) is 3.18. The van der Waals surface area contributed by atoms with Gasteiger partial charge in [-0.15, -0.1) is 0 Å². The number of carbonyl (C=O) groups is 3. The van der Waals surface area contributed by atoms with Gasteiger partial charge < -0.3 is 9.84 Å². The molecule has 0 unspecified atom stereocenters. The van der Waals surface area contributed by atoms with Crippen LogP contribution >= 0.6 is 0 Å². The van der Waals surface area contributed by atoms with Crippen LogP contribution in [0.4, 0.5) is 0 Å². The molecule has 1 aromatic rings. The molecule has 0 spiro atoms. The average molecular weight is 451 g/mol. The number of aliphatic hydroxyl groups excluding tert-OH is 1. The van der Waals surface area contributed by atoms with Crippen LogP contribution in [-0.4, -0.2) is 34.9 Å². The molecular weight excluding hydrogens is 416 g/mol. The lowest BCUT2D eigenvalue weighted by atomic mass is 9.48. The maximum absolute atomic E-state index is 13.3. The fraction of sp³-hybridized carbons (Fsp3) is 0.607. The molecule has 0 saturated heterocycles. The van der Waals surface area contributed by atoms with E-state index >= 15 is 0 Å². The van der Waals surface area contributed by atoms with E-state index in [0.29, 0.717) is 48.9 Å². The third-order valence-corrected chi connectivity index (χ3v) is 9.83. The summed E-state index contributed by atoms with van der Waals surface area (Å²) in [5, 5.41) is 9.91. The highest BCUT2D eigenvalue weighted by Crippen LogP contribution is 2.67. The van der Waals surface area contributed by atoms with Crippen molar-refractivity contribution in [1.29, 1.82) is 0 Å². The molecule has 0 aromatic heterocycles. The summed E-state index contributed by atoms with van der Waals surface area (Å²) in [4.78, 5) is 38.5. The number of carbonyl (C=O) groups excluding carboxylic acids is 3. The van der Waals surface area contributed by atoms with E-state index in [1.807, 2.05) is 6.07 Å². The molecule has 33 heavy (non-hydrogen) atoms. The van der Waals surface area contributed by atoms with Gasteiger partial charge in [0.2, 0.25) is 5.78 Å². The summed E-state index contributed by atoms with van der Waals surface area (Å²) >= 11 is 0. The number of esters is 1. The van der Waals surface area contributed by atoms with Crippen LogP contribution in [0.5, 0.6) is 0 Å². The van der Waals surface area contributed by atoms with Crippen LogP contribution in [0.2, 0.25) is 0 Å². The second-order valence-electron chi connectivity index (χ2n) is 11.1. The van der Waals surface area contributed by atoms with Crippen molar-refractivity contribution >= 4 is 17.5 Å². The highest BCUT2D eigenvalue weighted by molar-refractivity contribution is 5.96. The zero-order valence-corrected chi connectivity index (χ0v) is 19.6. The molecule has 1 aromatic carbocycles. The Balaban J connectivity index is 1.51. The van der Waals surface area contributed by atoms with Gasteiger partial charge in [-0.3, -0.25) is 9.59 Å². The maximum Gasteiger partial charge on any atom is 0.339 e.